The maximum Gasteiger partial charge on any atom is 0.268 e. The maximum atomic E-state index is 12.9. The zero-order chi connectivity index (χ0) is 22.9. The van der Waals surface area contributed by atoms with E-state index in [2.05, 4.69) is 17.2 Å². The number of benzene rings is 2. The highest BCUT2D eigenvalue weighted by Gasteiger charge is 2.16. The lowest BCUT2D eigenvalue weighted by molar-refractivity contribution is -0.117. The Bertz CT molecular complexity index is 1150. The third kappa shape index (κ3) is 6.26. The van der Waals surface area contributed by atoms with E-state index in [4.69, 9.17) is 11.6 Å². The minimum Gasteiger partial charge on any atom is -0.343 e. The van der Waals surface area contributed by atoms with Crippen molar-refractivity contribution in [1.29, 1.82) is 0 Å². The number of nitrogens with one attached hydrogen (secondary N) is 2. The third-order valence-corrected chi connectivity index (χ3v) is 5.91. The number of allylic oxidation sites excluding steroid dienone is 1. The van der Waals surface area contributed by atoms with Crippen LogP contribution in [0.1, 0.15) is 30.5 Å². The van der Waals surface area contributed by atoms with Gasteiger partial charge in [0, 0.05) is 26.8 Å². The van der Waals surface area contributed by atoms with Gasteiger partial charge in [-0.2, -0.15) is 0 Å². The lowest BCUT2D eigenvalue weighted by Gasteiger charge is -2.11. The van der Waals surface area contributed by atoms with E-state index in [-0.39, 0.29) is 18.0 Å². The van der Waals surface area contributed by atoms with Gasteiger partial charge in [0.05, 0.1) is 6.54 Å². The molecule has 3 aromatic rings. The molecule has 0 saturated heterocycles. The summed E-state index contributed by atoms with van der Waals surface area (Å²) in [6, 6.07) is 20.9. The molecule has 0 atom stereocenters. The van der Waals surface area contributed by atoms with Gasteiger partial charge in [-0.15, -0.1) is 22.9 Å². The molecule has 0 radical (unpaired) electrons. The molecule has 0 spiro atoms. The summed E-state index contributed by atoms with van der Waals surface area (Å²) in [5.74, 6) is -0.930. The first-order valence-electron chi connectivity index (χ1n) is 9.76. The molecule has 2 aromatic carbocycles. The highest BCUT2D eigenvalue weighted by atomic mass is 35.5. The average molecular weight is 465 g/mol. The largest absolute Gasteiger partial charge is 0.343 e. The van der Waals surface area contributed by atoms with Gasteiger partial charge in [0.2, 0.25) is 0 Å². The van der Waals surface area contributed by atoms with Gasteiger partial charge in [0.1, 0.15) is 5.70 Å². The van der Waals surface area contributed by atoms with Crippen LogP contribution in [0.15, 0.2) is 85.1 Å². The number of rotatable bonds is 9. The van der Waals surface area contributed by atoms with Crippen molar-refractivity contribution in [3.05, 3.63) is 106 Å². The highest BCUT2D eigenvalue weighted by molar-refractivity contribution is 7.14. The number of carbonyl (C=O) groups is 3. The van der Waals surface area contributed by atoms with Gasteiger partial charge in [-0.1, -0.05) is 55.1 Å². The lowest BCUT2D eigenvalue weighted by atomic mass is 10.1. The number of hydrogen-bond acceptors (Lipinski definition) is 4. The molecule has 0 aliphatic heterocycles. The van der Waals surface area contributed by atoms with Crippen LogP contribution in [0.4, 0.5) is 0 Å². The molecule has 162 valence electrons. The van der Waals surface area contributed by atoms with E-state index in [0.29, 0.717) is 17.0 Å². The van der Waals surface area contributed by atoms with Crippen molar-refractivity contribution in [2.45, 2.75) is 0 Å². The Hall–Kier alpha value is -3.48. The van der Waals surface area contributed by atoms with Crippen LogP contribution in [0.25, 0.3) is 11.6 Å². The van der Waals surface area contributed by atoms with E-state index in [0.717, 1.165) is 15.3 Å². The predicted octanol–water partition coefficient (Wildman–Crippen LogP) is 4.77. The monoisotopic (exact) mass is 464 g/mol. The molecular weight excluding hydrogens is 444 g/mol. The Morgan fingerprint density at radius 2 is 1.53 bits per heavy atom. The molecule has 32 heavy (non-hydrogen) atoms. The van der Waals surface area contributed by atoms with Gasteiger partial charge in [-0.25, -0.2) is 0 Å². The van der Waals surface area contributed by atoms with E-state index in [1.807, 2.05) is 18.2 Å². The highest BCUT2D eigenvalue weighted by Crippen LogP contribution is 2.25. The summed E-state index contributed by atoms with van der Waals surface area (Å²) in [6.07, 6.45) is 1.57. The van der Waals surface area contributed by atoms with Gasteiger partial charge in [0.15, 0.2) is 5.78 Å². The number of amides is 2. The summed E-state index contributed by atoms with van der Waals surface area (Å²) in [5.41, 5.74) is 1.71. The van der Waals surface area contributed by atoms with Crippen LogP contribution in [-0.4, -0.2) is 30.0 Å². The molecule has 0 fully saturated rings. The molecule has 5 nitrogen and oxygen atoms in total. The fourth-order valence-electron chi connectivity index (χ4n) is 2.75. The van der Waals surface area contributed by atoms with Crippen LogP contribution in [0.2, 0.25) is 0 Å². The van der Waals surface area contributed by atoms with E-state index in [9.17, 15) is 14.4 Å². The van der Waals surface area contributed by atoms with Crippen molar-refractivity contribution >= 4 is 52.2 Å². The molecule has 0 aliphatic carbocycles. The Balaban J connectivity index is 1.79. The van der Waals surface area contributed by atoms with Crippen LogP contribution < -0.4 is 10.6 Å². The summed E-state index contributed by atoms with van der Waals surface area (Å²) in [5, 5.41) is 5.25. The van der Waals surface area contributed by atoms with Gasteiger partial charge >= 0.3 is 0 Å². The first-order chi connectivity index (χ1) is 15.5. The topological polar surface area (TPSA) is 75.3 Å². The first kappa shape index (κ1) is 23.2. The van der Waals surface area contributed by atoms with Crippen LogP contribution in [0.5, 0.6) is 0 Å². The van der Waals surface area contributed by atoms with Crippen LogP contribution in [0.3, 0.4) is 0 Å². The molecule has 2 N–H and O–H groups in total. The summed E-state index contributed by atoms with van der Waals surface area (Å²) in [4.78, 5) is 39.5. The number of Topliss-reactive ketones (excluding diaryl/α,β-unsaturated/α-hetero) is 1. The number of ketones is 1. The number of alkyl halides is 1. The standard InChI is InChI=1S/C25H21ClN2O3S/c1-17(15-26)23-13-12-20(32-23)14-21(28-24(30)19-10-6-3-7-11-19)25(31)27-16-22(29)18-8-4-2-5-9-18/h2-14H,1,15-16H2,(H,27,31)(H,28,30)/b21-14-. The number of halogens is 1. The number of thiophene rings is 1. The van der Waals surface area contributed by atoms with Crippen molar-refractivity contribution in [2.75, 3.05) is 12.4 Å². The minimum absolute atomic E-state index is 0.0320. The van der Waals surface area contributed by atoms with Gasteiger partial charge < -0.3 is 10.6 Å². The molecule has 7 heteroatoms. The van der Waals surface area contributed by atoms with Gasteiger partial charge in [-0.3, -0.25) is 14.4 Å². The van der Waals surface area contributed by atoms with E-state index in [1.54, 1.807) is 60.7 Å². The summed E-state index contributed by atoms with van der Waals surface area (Å²) >= 11 is 7.25. The molecule has 0 bridgehead atoms. The molecular formula is C25H21ClN2O3S. The molecule has 0 saturated carbocycles. The molecule has 1 heterocycles. The Labute approximate surface area is 195 Å². The second-order valence-corrected chi connectivity index (χ2v) is 8.17. The van der Waals surface area contributed by atoms with Crippen molar-refractivity contribution in [1.82, 2.24) is 10.6 Å². The van der Waals surface area contributed by atoms with Gasteiger partial charge in [0.25, 0.3) is 11.8 Å². The van der Waals surface area contributed by atoms with Crippen molar-refractivity contribution < 1.29 is 14.4 Å². The summed E-state index contributed by atoms with van der Waals surface area (Å²) in [6.45, 7) is 3.71. The van der Waals surface area contributed by atoms with Crippen molar-refractivity contribution in [3.63, 3.8) is 0 Å². The van der Waals surface area contributed by atoms with E-state index >= 15 is 0 Å². The van der Waals surface area contributed by atoms with Crippen LogP contribution in [-0.2, 0) is 4.79 Å². The summed E-state index contributed by atoms with van der Waals surface area (Å²) in [7, 11) is 0. The lowest BCUT2D eigenvalue weighted by Crippen LogP contribution is -2.37. The Kier molecular flexibility index (Phi) is 8.14. The fourth-order valence-corrected chi connectivity index (χ4v) is 3.90. The molecule has 2 amide bonds. The first-order valence-corrected chi connectivity index (χ1v) is 11.1. The fraction of sp³-hybridized carbons (Fsp3) is 0.0800. The summed E-state index contributed by atoms with van der Waals surface area (Å²) < 4.78 is 0. The molecule has 3 rings (SSSR count). The van der Waals surface area contributed by atoms with E-state index in [1.165, 1.54) is 11.3 Å². The molecule has 0 aliphatic rings. The Morgan fingerprint density at radius 1 is 0.906 bits per heavy atom. The SMILES string of the molecule is C=C(CCl)c1ccc(/C=C(\NC(=O)c2ccccc2)C(=O)NCC(=O)c2ccccc2)s1. The van der Waals surface area contributed by atoms with Crippen molar-refractivity contribution in [2.24, 2.45) is 0 Å². The number of carbonyl (C=O) groups excluding carboxylic acids is 3. The van der Waals surface area contributed by atoms with Crippen LogP contribution >= 0.6 is 22.9 Å². The maximum absolute atomic E-state index is 12.9. The zero-order valence-corrected chi connectivity index (χ0v) is 18.7. The van der Waals surface area contributed by atoms with Crippen molar-refractivity contribution in [3.8, 4) is 0 Å². The average Bonchev–Trinajstić information content (AvgIpc) is 3.31. The second kappa shape index (κ2) is 11.2. The second-order valence-electron chi connectivity index (χ2n) is 6.79. The van der Waals surface area contributed by atoms with Crippen LogP contribution in [0, 0.1) is 0 Å². The number of hydrogen-bond donors (Lipinski definition) is 2. The molecule has 1 aromatic heterocycles. The predicted molar refractivity (Wildman–Crippen MR) is 130 cm³/mol. The van der Waals surface area contributed by atoms with Gasteiger partial charge in [-0.05, 0) is 35.9 Å². The molecule has 0 unspecified atom stereocenters. The minimum atomic E-state index is -0.565. The third-order valence-electron chi connectivity index (χ3n) is 4.46. The smallest absolute Gasteiger partial charge is 0.268 e. The van der Waals surface area contributed by atoms with E-state index < -0.39 is 11.8 Å². The Morgan fingerprint density at radius 3 is 2.16 bits per heavy atom. The quantitative estimate of drug-likeness (QED) is 0.272. The normalized spacial score (nSPS) is 11.0. The zero-order valence-electron chi connectivity index (χ0n) is 17.1.